The van der Waals surface area contributed by atoms with Gasteiger partial charge in [0.25, 0.3) is 0 Å². The number of benzene rings is 3. The Hall–Kier alpha value is -3.03. The average Bonchev–Trinajstić information content (AvgIpc) is 2.82. The van der Waals surface area contributed by atoms with Crippen molar-refractivity contribution < 1.29 is 27.8 Å². The molecular formula is C26H26F3NO3. The van der Waals surface area contributed by atoms with E-state index in [1.807, 2.05) is 36.4 Å². The third kappa shape index (κ3) is 5.15. The number of alkyl halides is 3. The standard InChI is InChI=1S/C26H26F3NO3/c1-32-24-14-19-6-7-20(12-21(19)15-25(24)33-2)23(31)16-30-10-8-17(9-11-30)18-4-3-5-22(13-18)26(27,28)29/h3-8,12-15,23,31H,9-11,16H2,1-2H3. The summed E-state index contributed by atoms with van der Waals surface area (Å²) in [7, 11) is 3.17. The number of halogens is 3. The van der Waals surface area contributed by atoms with Crippen molar-refractivity contribution in [3.63, 3.8) is 0 Å². The first-order valence-electron chi connectivity index (χ1n) is 10.7. The predicted molar refractivity (Wildman–Crippen MR) is 122 cm³/mol. The van der Waals surface area contributed by atoms with Gasteiger partial charge in [0.05, 0.1) is 25.9 Å². The van der Waals surface area contributed by atoms with Crippen molar-refractivity contribution in [3.05, 3.63) is 77.4 Å². The Morgan fingerprint density at radius 3 is 2.33 bits per heavy atom. The van der Waals surface area contributed by atoms with E-state index in [0.29, 0.717) is 43.1 Å². The van der Waals surface area contributed by atoms with E-state index in [2.05, 4.69) is 4.90 Å². The molecule has 174 valence electrons. The number of β-amino-alcohol motifs (C(OH)–C–C–N with tert-alkyl or cyclic N) is 1. The Bertz CT molecular complexity index is 1170. The molecule has 0 saturated heterocycles. The summed E-state index contributed by atoms with van der Waals surface area (Å²) < 4.78 is 49.8. The molecule has 1 aliphatic heterocycles. The first kappa shape index (κ1) is 23.1. The van der Waals surface area contributed by atoms with Crippen molar-refractivity contribution in [2.24, 2.45) is 0 Å². The van der Waals surface area contributed by atoms with Gasteiger partial charge in [-0.1, -0.05) is 30.3 Å². The van der Waals surface area contributed by atoms with Crippen molar-refractivity contribution in [2.75, 3.05) is 33.9 Å². The zero-order chi connectivity index (χ0) is 23.6. The van der Waals surface area contributed by atoms with Crippen LogP contribution >= 0.6 is 0 Å². The Kier molecular flexibility index (Phi) is 6.63. The molecule has 1 heterocycles. The van der Waals surface area contributed by atoms with Crippen molar-refractivity contribution in [1.82, 2.24) is 4.90 Å². The van der Waals surface area contributed by atoms with Crippen LogP contribution in [0.1, 0.15) is 29.2 Å². The van der Waals surface area contributed by atoms with Crippen LogP contribution in [0.4, 0.5) is 13.2 Å². The van der Waals surface area contributed by atoms with E-state index in [1.54, 1.807) is 20.3 Å². The number of rotatable bonds is 6. The van der Waals surface area contributed by atoms with E-state index in [0.717, 1.165) is 28.0 Å². The minimum atomic E-state index is -4.35. The highest BCUT2D eigenvalue weighted by atomic mass is 19.4. The molecule has 0 spiro atoms. The minimum absolute atomic E-state index is 0.436. The van der Waals surface area contributed by atoms with Gasteiger partial charge in [0.2, 0.25) is 0 Å². The molecule has 1 N–H and O–H groups in total. The van der Waals surface area contributed by atoms with Crippen LogP contribution < -0.4 is 9.47 Å². The highest BCUT2D eigenvalue weighted by Gasteiger charge is 2.30. The second kappa shape index (κ2) is 9.45. The van der Waals surface area contributed by atoms with E-state index in [9.17, 15) is 18.3 Å². The van der Waals surface area contributed by atoms with E-state index >= 15 is 0 Å². The third-order valence-electron chi connectivity index (χ3n) is 6.04. The van der Waals surface area contributed by atoms with Crippen LogP contribution in [-0.2, 0) is 6.18 Å². The number of hydrogen-bond acceptors (Lipinski definition) is 4. The molecule has 1 aliphatic rings. The van der Waals surface area contributed by atoms with Crippen LogP contribution in [0.15, 0.2) is 60.7 Å². The topological polar surface area (TPSA) is 41.9 Å². The van der Waals surface area contributed by atoms with Gasteiger partial charge in [0.1, 0.15) is 0 Å². The van der Waals surface area contributed by atoms with Crippen LogP contribution in [0, 0.1) is 0 Å². The van der Waals surface area contributed by atoms with Gasteiger partial charge in [-0.05, 0) is 64.2 Å². The fourth-order valence-corrected chi connectivity index (χ4v) is 4.19. The maximum Gasteiger partial charge on any atom is 0.416 e. The number of methoxy groups -OCH3 is 2. The zero-order valence-corrected chi connectivity index (χ0v) is 18.5. The highest BCUT2D eigenvalue weighted by Crippen LogP contribution is 2.34. The fraction of sp³-hybridized carbons (Fsp3) is 0.308. The summed E-state index contributed by atoms with van der Waals surface area (Å²) in [6.07, 6.45) is -2.46. The zero-order valence-electron chi connectivity index (χ0n) is 18.5. The minimum Gasteiger partial charge on any atom is -0.493 e. The monoisotopic (exact) mass is 457 g/mol. The van der Waals surface area contributed by atoms with Gasteiger partial charge in [-0.15, -0.1) is 0 Å². The molecule has 0 radical (unpaired) electrons. The van der Waals surface area contributed by atoms with Crippen LogP contribution in [0.3, 0.4) is 0 Å². The van der Waals surface area contributed by atoms with E-state index < -0.39 is 17.8 Å². The number of ether oxygens (including phenoxy) is 2. The molecule has 0 amide bonds. The molecule has 7 heteroatoms. The molecule has 0 aromatic heterocycles. The number of nitrogens with zero attached hydrogens (tertiary/aromatic N) is 1. The van der Waals surface area contributed by atoms with Gasteiger partial charge in [0, 0.05) is 19.6 Å². The summed E-state index contributed by atoms with van der Waals surface area (Å²) in [4.78, 5) is 2.10. The number of aliphatic hydroxyl groups excluding tert-OH is 1. The lowest BCUT2D eigenvalue weighted by Gasteiger charge is -2.28. The molecular weight excluding hydrogens is 431 g/mol. The summed E-state index contributed by atoms with van der Waals surface area (Å²) in [5.41, 5.74) is 1.66. The summed E-state index contributed by atoms with van der Waals surface area (Å²) >= 11 is 0. The third-order valence-corrected chi connectivity index (χ3v) is 6.04. The van der Waals surface area contributed by atoms with E-state index in [1.165, 1.54) is 12.1 Å². The predicted octanol–water partition coefficient (Wildman–Crippen LogP) is 5.70. The summed E-state index contributed by atoms with van der Waals surface area (Å²) in [5, 5.41) is 12.7. The molecule has 0 bridgehead atoms. The summed E-state index contributed by atoms with van der Waals surface area (Å²) in [5.74, 6) is 1.27. The molecule has 33 heavy (non-hydrogen) atoms. The van der Waals surface area contributed by atoms with Crippen molar-refractivity contribution in [2.45, 2.75) is 18.7 Å². The molecule has 0 fully saturated rings. The van der Waals surface area contributed by atoms with Crippen LogP contribution in [0.2, 0.25) is 0 Å². The SMILES string of the molecule is COc1cc2ccc(C(O)CN3CC=C(c4cccc(C(F)(F)F)c4)CC3)cc2cc1OC. The highest BCUT2D eigenvalue weighted by molar-refractivity contribution is 5.86. The molecule has 4 rings (SSSR count). The Labute approximate surface area is 190 Å². The number of hydrogen-bond donors (Lipinski definition) is 1. The first-order valence-corrected chi connectivity index (χ1v) is 10.7. The summed E-state index contributed by atoms with van der Waals surface area (Å²) in [6, 6.07) is 15.0. The van der Waals surface area contributed by atoms with Gasteiger partial charge < -0.3 is 14.6 Å². The lowest BCUT2D eigenvalue weighted by molar-refractivity contribution is -0.137. The Morgan fingerprint density at radius 2 is 1.70 bits per heavy atom. The van der Waals surface area contributed by atoms with Crippen molar-refractivity contribution in [3.8, 4) is 11.5 Å². The van der Waals surface area contributed by atoms with Crippen molar-refractivity contribution >= 4 is 16.3 Å². The van der Waals surface area contributed by atoms with Gasteiger partial charge in [0.15, 0.2) is 11.5 Å². The van der Waals surface area contributed by atoms with Gasteiger partial charge in [-0.25, -0.2) is 0 Å². The number of fused-ring (bicyclic) bond motifs is 1. The molecule has 1 unspecified atom stereocenters. The normalized spacial score (nSPS) is 15.9. The fourth-order valence-electron chi connectivity index (χ4n) is 4.19. The van der Waals surface area contributed by atoms with Crippen LogP contribution in [-0.4, -0.2) is 43.9 Å². The quantitative estimate of drug-likeness (QED) is 0.516. The average molecular weight is 457 g/mol. The molecule has 4 nitrogen and oxygen atoms in total. The summed E-state index contributed by atoms with van der Waals surface area (Å²) in [6.45, 7) is 1.67. The Morgan fingerprint density at radius 1 is 0.970 bits per heavy atom. The maximum absolute atomic E-state index is 13.0. The van der Waals surface area contributed by atoms with Crippen LogP contribution in [0.5, 0.6) is 11.5 Å². The molecule has 0 aliphatic carbocycles. The van der Waals surface area contributed by atoms with E-state index in [-0.39, 0.29) is 0 Å². The van der Waals surface area contributed by atoms with Gasteiger partial charge in [-0.2, -0.15) is 13.2 Å². The van der Waals surface area contributed by atoms with Gasteiger partial charge in [-0.3, -0.25) is 4.90 Å². The lowest BCUT2D eigenvalue weighted by Crippen LogP contribution is -2.32. The van der Waals surface area contributed by atoms with E-state index in [4.69, 9.17) is 9.47 Å². The Balaban J connectivity index is 1.45. The number of aliphatic hydroxyl groups is 1. The van der Waals surface area contributed by atoms with Gasteiger partial charge >= 0.3 is 6.18 Å². The molecule has 3 aromatic rings. The lowest BCUT2D eigenvalue weighted by atomic mass is 9.97. The van der Waals surface area contributed by atoms with Crippen molar-refractivity contribution in [1.29, 1.82) is 0 Å². The molecule has 1 atom stereocenters. The molecule has 3 aromatic carbocycles. The smallest absolute Gasteiger partial charge is 0.416 e. The largest absolute Gasteiger partial charge is 0.493 e. The maximum atomic E-state index is 13.0. The van der Waals surface area contributed by atoms with Crippen LogP contribution in [0.25, 0.3) is 16.3 Å². The second-order valence-corrected chi connectivity index (χ2v) is 8.15. The first-order chi connectivity index (χ1) is 15.8. The molecule has 0 saturated carbocycles. The second-order valence-electron chi connectivity index (χ2n) is 8.15.